The van der Waals surface area contributed by atoms with Crippen molar-refractivity contribution in [3.05, 3.63) is 46.8 Å². The van der Waals surface area contributed by atoms with Crippen LogP contribution >= 0.6 is 27.5 Å². The maximum Gasteiger partial charge on any atom is 0.223 e. The summed E-state index contributed by atoms with van der Waals surface area (Å²) in [5.41, 5.74) is 0.833. The molecule has 2 aromatic rings. The second-order valence-corrected chi connectivity index (χ2v) is 4.23. The van der Waals surface area contributed by atoms with E-state index >= 15 is 0 Å². The third-order valence-corrected chi connectivity index (χ3v) is 2.61. The summed E-state index contributed by atoms with van der Waals surface area (Å²) >= 11 is 9.15. The minimum Gasteiger partial charge on any atom is -0.437 e. The van der Waals surface area contributed by atoms with Crippen molar-refractivity contribution >= 4 is 27.5 Å². The van der Waals surface area contributed by atoms with E-state index in [1.165, 1.54) is 0 Å². The van der Waals surface area contributed by atoms with Crippen LogP contribution in [0.15, 0.2) is 41.3 Å². The highest BCUT2D eigenvalue weighted by Gasteiger charge is 2.06. The number of pyridine rings is 2. The van der Waals surface area contributed by atoms with Crippen LogP contribution in [0.3, 0.4) is 0 Å². The molecule has 82 valence electrons. The zero-order valence-corrected chi connectivity index (χ0v) is 10.6. The topological polar surface area (TPSA) is 35.0 Å². The van der Waals surface area contributed by atoms with Crippen LogP contribution in [0.2, 0.25) is 0 Å². The summed E-state index contributed by atoms with van der Waals surface area (Å²) in [7, 11) is 0. The van der Waals surface area contributed by atoms with Crippen LogP contribution in [0.1, 0.15) is 5.56 Å². The number of nitrogens with zero attached hydrogens (tertiary/aromatic N) is 2. The lowest BCUT2D eigenvalue weighted by molar-refractivity contribution is 0.456. The number of rotatable bonds is 3. The third-order valence-electron chi connectivity index (χ3n) is 1.88. The van der Waals surface area contributed by atoms with Crippen LogP contribution in [0, 0.1) is 0 Å². The number of hydrogen-bond acceptors (Lipinski definition) is 3. The van der Waals surface area contributed by atoms with Crippen molar-refractivity contribution in [2.24, 2.45) is 0 Å². The van der Waals surface area contributed by atoms with Crippen molar-refractivity contribution in [1.82, 2.24) is 9.97 Å². The normalized spacial score (nSPS) is 10.1. The average molecular weight is 300 g/mol. The molecule has 0 aliphatic carbocycles. The fourth-order valence-corrected chi connectivity index (χ4v) is 1.75. The predicted octanol–water partition coefficient (Wildman–Crippen LogP) is 3.77. The van der Waals surface area contributed by atoms with Crippen LogP contribution < -0.4 is 4.74 Å². The van der Waals surface area contributed by atoms with Gasteiger partial charge in [-0.25, -0.2) is 4.98 Å². The van der Waals surface area contributed by atoms with E-state index in [1.807, 2.05) is 12.1 Å². The zero-order chi connectivity index (χ0) is 11.4. The summed E-state index contributed by atoms with van der Waals surface area (Å²) in [5, 5.41) is 0. The molecule has 0 aliphatic heterocycles. The summed E-state index contributed by atoms with van der Waals surface area (Å²) in [5.74, 6) is 1.50. The number of hydrogen-bond donors (Lipinski definition) is 0. The molecule has 0 spiro atoms. The van der Waals surface area contributed by atoms with E-state index < -0.39 is 0 Å². The van der Waals surface area contributed by atoms with Crippen molar-refractivity contribution in [2.75, 3.05) is 0 Å². The molecule has 5 heteroatoms. The van der Waals surface area contributed by atoms with Crippen molar-refractivity contribution in [3.63, 3.8) is 0 Å². The lowest BCUT2D eigenvalue weighted by Gasteiger charge is -2.07. The SMILES string of the molecule is ClCc1cc(Br)cnc1Oc1cccnc1. The molecule has 0 aliphatic rings. The van der Waals surface area contributed by atoms with Gasteiger partial charge in [0.05, 0.1) is 12.1 Å². The standard InChI is InChI=1S/C11H8BrClN2O/c12-9-4-8(5-13)11(15-6-9)16-10-2-1-3-14-7-10/h1-4,6-7H,5H2. The molecule has 0 bridgehead atoms. The van der Waals surface area contributed by atoms with E-state index in [-0.39, 0.29) is 0 Å². The largest absolute Gasteiger partial charge is 0.437 e. The molecule has 0 fully saturated rings. The lowest BCUT2D eigenvalue weighted by atomic mass is 10.3. The highest BCUT2D eigenvalue weighted by molar-refractivity contribution is 9.10. The van der Waals surface area contributed by atoms with E-state index in [2.05, 4.69) is 25.9 Å². The van der Waals surface area contributed by atoms with E-state index in [0.29, 0.717) is 17.5 Å². The number of halogens is 2. The first-order valence-corrected chi connectivity index (χ1v) is 5.90. The second kappa shape index (κ2) is 5.27. The van der Waals surface area contributed by atoms with Gasteiger partial charge < -0.3 is 4.74 Å². The Morgan fingerprint density at radius 2 is 2.25 bits per heavy atom. The molecule has 2 aromatic heterocycles. The highest BCUT2D eigenvalue weighted by atomic mass is 79.9. The van der Waals surface area contributed by atoms with Gasteiger partial charge in [-0.05, 0) is 34.1 Å². The quantitative estimate of drug-likeness (QED) is 0.809. The molecule has 2 rings (SSSR count). The number of aromatic nitrogens is 2. The smallest absolute Gasteiger partial charge is 0.223 e. The van der Waals surface area contributed by atoms with E-state index in [4.69, 9.17) is 16.3 Å². The Morgan fingerprint density at radius 3 is 2.94 bits per heavy atom. The summed E-state index contributed by atoms with van der Waals surface area (Å²) < 4.78 is 6.45. The summed E-state index contributed by atoms with van der Waals surface area (Å²) in [6.07, 6.45) is 4.98. The first kappa shape index (κ1) is 11.4. The van der Waals surface area contributed by atoms with Crippen LogP contribution in [0.25, 0.3) is 0 Å². The van der Waals surface area contributed by atoms with Gasteiger partial charge in [0.25, 0.3) is 0 Å². The van der Waals surface area contributed by atoms with Gasteiger partial charge in [0.1, 0.15) is 5.75 Å². The van der Waals surface area contributed by atoms with Gasteiger partial charge in [0, 0.05) is 22.4 Å². The second-order valence-electron chi connectivity index (χ2n) is 3.04. The first-order chi connectivity index (χ1) is 7.79. The third kappa shape index (κ3) is 2.71. The molecule has 3 nitrogen and oxygen atoms in total. The fraction of sp³-hybridized carbons (Fsp3) is 0.0909. The Balaban J connectivity index is 2.28. The van der Waals surface area contributed by atoms with Crippen LogP contribution in [-0.4, -0.2) is 9.97 Å². The van der Waals surface area contributed by atoms with Gasteiger partial charge in [-0.1, -0.05) is 0 Å². The number of alkyl halides is 1. The van der Waals surface area contributed by atoms with Crippen molar-refractivity contribution in [1.29, 1.82) is 0 Å². The Labute approximate surface area is 107 Å². The maximum atomic E-state index is 5.81. The van der Waals surface area contributed by atoms with Gasteiger partial charge in [-0.3, -0.25) is 4.98 Å². The first-order valence-electron chi connectivity index (χ1n) is 4.58. The highest BCUT2D eigenvalue weighted by Crippen LogP contribution is 2.25. The van der Waals surface area contributed by atoms with E-state index in [1.54, 1.807) is 24.7 Å². The molecule has 0 aromatic carbocycles. The van der Waals surface area contributed by atoms with Gasteiger partial charge in [0.15, 0.2) is 0 Å². The van der Waals surface area contributed by atoms with Crippen molar-refractivity contribution < 1.29 is 4.74 Å². The lowest BCUT2D eigenvalue weighted by Crippen LogP contribution is -1.93. The Hall–Kier alpha value is -1.13. The van der Waals surface area contributed by atoms with Gasteiger partial charge >= 0.3 is 0 Å². The molecule has 16 heavy (non-hydrogen) atoms. The molecule has 0 atom stereocenters. The number of ether oxygens (including phenoxy) is 1. The van der Waals surface area contributed by atoms with Crippen molar-refractivity contribution in [3.8, 4) is 11.6 Å². The fourth-order valence-electron chi connectivity index (χ4n) is 1.18. The molecule has 0 N–H and O–H groups in total. The average Bonchev–Trinajstić information content (AvgIpc) is 2.33. The monoisotopic (exact) mass is 298 g/mol. The van der Waals surface area contributed by atoms with Gasteiger partial charge in [0.2, 0.25) is 5.88 Å². The molecule has 2 heterocycles. The minimum atomic E-state index is 0.349. The van der Waals surface area contributed by atoms with Crippen LogP contribution in [0.4, 0.5) is 0 Å². The molecular formula is C11H8BrClN2O. The Morgan fingerprint density at radius 1 is 1.38 bits per heavy atom. The zero-order valence-electron chi connectivity index (χ0n) is 8.23. The summed E-state index contributed by atoms with van der Waals surface area (Å²) in [4.78, 5) is 8.12. The maximum absolute atomic E-state index is 5.81. The molecule has 0 unspecified atom stereocenters. The summed E-state index contributed by atoms with van der Waals surface area (Å²) in [6, 6.07) is 5.50. The molecular weight excluding hydrogens is 291 g/mol. The van der Waals surface area contributed by atoms with Gasteiger partial charge in [-0.2, -0.15) is 0 Å². The molecule has 0 amide bonds. The predicted molar refractivity (Wildman–Crippen MR) is 65.8 cm³/mol. The van der Waals surface area contributed by atoms with E-state index in [0.717, 1.165) is 10.0 Å². The van der Waals surface area contributed by atoms with Crippen LogP contribution in [0.5, 0.6) is 11.6 Å². The van der Waals surface area contributed by atoms with Crippen molar-refractivity contribution in [2.45, 2.75) is 5.88 Å². The minimum absolute atomic E-state index is 0.349. The van der Waals surface area contributed by atoms with Crippen LogP contribution in [-0.2, 0) is 5.88 Å². The molecule has 0 saturated heterocycles. The van der Waals surface area contributed by atoms with E-state index in [9.17, 15) is 0 Å². The Kier molecular flexibility index (Phi) is 3.74. The Bertz CT molecular complexity index is 479. The summed E-state index contributed by atoms with van der Waals surface area (Å²) in [6.45, 7) is 0. The molecule has 0 radical (unpaired) electrons. The van der Waals surface area contributed by atoms with Gasteiger partial charge in [-0.15, -0.1) is 11.6 Å². The molecule has 0 saturated carbocycles.